The van der Waals surface area contributed by atoms with Crippen LogP contribution < -0.4 is 4.80 Å². The Labute approximate surface area is 143 Å². The van der Waals surface area contributed by atoms with E-state index in [1.807, 2.05) is 0 Å². The van der Waals surface area contributed by atoms with Crippen LogP contribution in [0.1, 0.15) is 16.2 Å². The van der Waals surface area contributed by atoms with E-state index in [-0.39, 0.29) is 27.3 Å². The number of halogens is 2. The number of methoxy groups -OCH3 is 1. The number of rotatable bonds is 3. The lowest BCUT2D eigenvalue weighted by atomic mass is 10.3. The molecule has 0 unspecified atom stereocenters. The number of fused-ring (bicyclic) bond motifs is 1. The molecule has 0 saturated carbocycles. The molecule has 1 aromatic carbocycles. The summed E-state index contributed by atoms with van der Waals surface area (Å²) < 4.78 is 38.4. The summed E-state index contributed by atoms with van der Waals surface area (Å²) in [6.07, 6.45) is 0. The Morgan fingerprint density at radius 2 is 2.12 bits per heavy atom. The Kier molecular flexibility index (Phi) is 4.45. The molecule has 0 spiro atoms. The molecule has 10 heteroatoms. The van der Waals surface area contributed by atoms with E-state index in [0.29, 0.717) is 11.8 Å². The molecule has 0 N–H and O–H groups in total. The fourth-order valence-electron chi connectivity index (χ4n) is 2.16. The highest BCUT2D eigenvalue weighted by Crippen LogP contribution is 2.22. The minimum absolute atomic E-state index is 0.00366. The average Bonchev–Trinajstić information content (AvgIpc) is 3.11. The summed E-state index contributed by atoms with van der Waals surface area (Å²) in [5.74, 6) is -3.19. The average molecular weight is 367 g/mol. The third-order valence-corrected chi connectivity index (χ3v) is 4.27. The topological polar surface area (TPSA) is 86.7 Å². The summed E-state index contributed by atoms with van der Waals surface area (Å²) in [5.41, 5.74) is 0.447. The summed E-state index contributed by atoms with van der Waals surface area (Å²) in [6.45, 7) is 1.25. The van der Waals surface area contributed by atoms with Crippen molar-refractivity contribution in [3.05, 3.63) is 46.1 Å². The summed E-state index contributed by atoms with van der Waals surface area (Å²) in [4.78, 5) is 27.6. The lowest BCUT2D eigenvalue weighted by Crippen LogP contribution is -2.22. The third kappa shape index (κ3) is 3.33. The van der Waals surface area contributed by atoms with Gasteiger partial charge in [0.15, 0.2) is 10.6 Å². The molecule has 3 rings (SSSR count). The van der Waals surface area contributed by atoms with Gasteiger partial charge in [0, 0.05) is 12.1 Å². The van der Waals surface area contributed by atoms with Gasteiger partial charge in [-0.15, -0.1) is 0 Å². The van der Waals surface area contributed by atoms with Gasteiger partial charge in [-0.2, -0.15) is 4.99 Å². The Morgan fingerprint density at radius 3 is 2.76 bits per heavy atom. The predicted molar refractivity (Wildman–Crippen MR) is 82.9 cm³/mol. The number of carbonyl (C=O) groups excluding carboxylic acids is 2. The SMILES string of the molecule is COC(=O)Cn1c(=NC(=O)c2cc(C)no2)sc2cc(F)cc(F)c21. The zero-order valence-electron chi connectivity index (χ0n) is 13.1. The maximum absolute atomic E-state index is 14.2. The molecule has 0 fully saturated rings. The Balaban J connectivity index is 2.20. The molecule has 0 saturated heterocycles. The predicted octanol–water partition coefficient (Wildman–Crippen LogP) is 2.19. The first-order valence-corrected chi connectivity index (χ1v) is 7.78. The molecule has 0 aliphatic heterocycles. The van der Waals surface area contributed by atoms with Crippen molar-refractivity contribution in [1.82, 2.24) is 9.72 Å². The number of aromatic nitrogens is 2. The lowest BCUT2D eigenvalue weighted by molar-refractivity contribution is -0.141. The maximum Gasteiger partial charge on any atom is 0.325 e. The van der Waals surface area contributed by atoms with Crippen LogP contribution in [0.3, 0.4) is 0 Å². The smallest absolute Gasteiger partial charge is 0.325 e. The molecule has 0 aliphatic rings. The first-order chi connectivity index (χ1) is 11.9. The summed E-state index contributed by atoms with van der Waals surface area (Å²) in [5, 5.41) is 3.59. The van der Waals surface area contributed by atoms with E-state index in [9.17, 15) is 18.4 Å². The zero-order chi connectivity index (χ0) is 18.1. The van der Waals surface area contributed by atoms with E-state index in [1.54, 1.807) is 6.92 Å². The molecular formula is C15H11F2N3O4S. The third-order valence-electron chi connectivity index (χ3n) is 3.25. The second-order valence-electron chi connectivity index (χ2n) is 5.03. The van der Waals surface area contributed by atoms with Crippen LogP contribution in [0, 0.1) is 18.6 Å². The van der Waals surface area contributed by atoms with E-state index in [1.165, 1.54) is 13.2 Å². The number of esters is 1. The van der Waals surface area contributed by atoms with Gasteiger partial charge in [-0.25, -0.2) is 8.78 Å². The van der Waals surface area contributed by atoms with E-state index in [0.717, 1.165) is 22.0 Å². The monoisotopic (exact) mass is 367 g/mol. The van der Waals surface area contributed by atoms with Crippen LogP contribution in [0.2, 0.25) is 0 Å². The number of nitrogens with zero attached hydrogens (tertiary/aromatic N) is 3. The van der Waals surface area contributed by atoms with Crippen molar-refractivity contribution < 1.29 is 27.6 Å². The van der Waals surface area contributed by atoms with Crippen LogP contribution in [0.25, 0.3) is 10.2 Å². The van der Waals surface area contributed by atoms with E-state index >= 15 is 0 Å². The molecule has 1 amide bonds. The van der Waals surface area contributed by atoms with Crippen LogP contribution >= 0.6 is 11.3 Å². The van der Waals surface area contributed by atoms with Crippen molar-refractivity contribution in [3.8, 4) is 0 Å². The first-order valence-electron chi connectivity index (χ1n) is 6.96. The first kappa shape index (κ1) is 17.0. The number of ether oxygens (including phenoxy) is 1. The fourth-order valence-corrected chi connectivity index (χ4v) is 3.23. The highest BCUT2D eigenvalue weighted by molar-refractivity contribution is 7.16. The Bertz CT molecular complexity index is 1050. The zero-order valence-corrected chi connectivity index (χ0v) is 13.9. The quantitative estimate of drug-likeness (QED) is 0.663. The summed E-state index contributed by atoms with van der Waals surface area (Å²) in [7, 11) is 1.17. The van der Waals surface area contributed by atoms with E-state index in [2.05, 4.69) is 14.9 Å². The summed E-state index contributed by atoms with van der Waals surface area (Å²) in [6, 6.07) is 3.18. The number of amides is 1. The number of hydrogen-bond donors (Lipinski definition) is 0. The minimum Gasteiger partial charge on any atom is -0.468 e. The highest BCUT2D eigenvalue weighted by Gasteiger charge is 2.18. The maximum atomic E-state index is 14.2. The number of aryl methyl sites for hydroxylation is 1. The van der Waals surface area contributed by atoms with Gasteiger partial charge < -0.3 is 13.8 Å². The van der Waals surface area contributed by atoms with Gasteiger partial charge in [-0.1, -0.05) is 16.5 Å². The van der Waals surface area contributed by atoms with Gasteiger partial charge in [0.2, 0.25) is 5.76 Å². The van der Waals surface area contributed by atoms with Crippen LogP contribution in [-0.2, 0) is 16.1 Å². The number of thiazole rings is 1. The molecule has 2 heterocycles. The van der Waals surface area contributed by atoms with Gasteiger partial charge in [0.1, 0.15) is 12.4 Å². The molecule has 3 aromatic rings. The fraction of sp³-hybridized carbons (Fsp3) is 0.200. The standard InChI is InChI=1S/C15H11F2N3O4S/c1-7-3-10(24-19-7)14(22)18-15-20(6-12(21)23-2)13-9(17)4-8(16)5-11(13)25-15/h3-5H,6H2,1-2H3. The molecule has 130 valence electrons. The van der Waals surface area contributed by atoms with Crippen LogP contribution in [0.5, 0.6) is 0 Å². The number of carbonyl (C=O) groups is 2. The van der Waals surface area contributed by atoms with Crippen molar-refractivity contribution in [2.45, 2.75) is 13.5 Å². The highest BCUT2D eigenvalue weighted by atomic mass is 32.1. The second-order valence-corrected chi connectivity index (χ2v) is 6.04. The van der Waals surface area contributed by atoms with Gasteiger partial charge >= 0.3 is 11.9 Å². The second kappa shape index (κ2) is 6.55. The normalized spacial score (nSPS) is 11.9. The van der Waals surface area contributed by atoms with Crippen molar-refractivity contribution in [2.75, 3.05) is 7.11 Å². The van der Waals surface area contributed by atoms with Gasteiger partial charge in [-0.05, 0) is 13.0 Å². The molecule has 0 atom stereocenters. The molecule has 7 nitrogen and oxygen atoms in total. The number of hydrogen-bond acceptors (Lipinski definition) is 6. The molecule has 0 radical (unpaired) electrons. The molecule has 2 aromatic heterocycles. The Morgan fingerprint density at radius 1 is 1.36 bits per heavy atom. The van der Waals surface area contributed by atoms with Gasteiger partial charge in [0.05, 0.1) is 23.0 Å². The van der Waals surface area contributed by atoms with Crippen molar-refractivity contribution in [1.29, 1.82) is 0 Å². The van der Waals surface area contributed by atoms with Gasteiger partial charge in [0.25, 0.3) is 0 Å². The molecular weight excluding hydrogens is 356 g/mol. The largest absolute Gasteiger partial charge is 0.468 e. The van der Waals surface area contributed by atoms with E-state index in [4.69, 9.17) is 4.52 Å². The van der Waals surface area contributed by atoms with Crippen molar-refractivity contribution in [2.24, 2.45) is 4.99 Å². The molecule has 0 bridgehead atoms. The van der Waals surface area contributed by atoms with Crippen molar-refractivity contribution >= 4 is 33.4 Å². The molecule has 25 heavy (non-hydrogen) atoms. The molecule has 0 aliphatic carbocycles. The van der Waals surface area contributed by atoms with Gasteiger partial charge in [-0.3, -0.25) is 9.59 Å². The summed E-state index contributed by atoms with van der Waals surface area (Å²) >= 11 is 0.860. The Hall–Kier alpha value is -2.88. The number of benzene rings is 1. The van der Waals surface area contributed by atoms with Crippen LogP contribution in [0.15, 0.2) is 27.7 Å². The van der Waals surface area contributed by atoms with Crippen molar-refractivity contribution in [3.63, 3.8) is 0 Å². The van der Waals surface area contributed by atoms with E-state index < -0.39 is 23.5 Å². The minimum atomic E-state index is -0.875. The lowest BCUT2D eigenvalue weighted by Gasteiger charge is -2.04. The van der Waals surface area contributed by atoms with Crippen LogP contribution in [-0.4, -0.2) is 28.7 Å². The van der Waals surface area contributed by atoms with Crippen LogP contribution in [0.4, 0.5) is 8.78 Å².